The zero-order valence-electron chi connectivity index (χ0n) is 42.7. The molecule has 0 aromatic carbocycles. The van der Waals surface area contributed by atoms with Crippen LogP contribution in [0.3, 0.4) is 0 Å². The number of carbonyl (C=O) groups excluding carboxylic acids is 2. The van der Waals surface area contributed by atoms with Crippen LogP contribution in [0.2, 0.25) is 0 Å². The maximum Gasteiger partial charge on any atom is 0.306 e. The van der Waals surface area contributed by atoms with Crippen molar-refractivity contribution in [2.45, 2.75) is 302 Å². The van der Waals surface area contributed by atoms with E-state index in [9.17, 15) is 19.8 Å². The predicted molar refractivity (Wildman–Crippen MR) is 278 cm³/mol. The Labute approximate surface area is 397 Å². The fraction of sp³-hybridized carbons (Fsp3) is 0.828. The van der Waals surface area contributed by atoms with Crippen molar-refractivity contribution >= 4 is 11.9 Å². The van der Waals surface area contributed by atoms with E-state index >= 15 is 0 Å². The van der Waals surface area contributed by atoms with Crippen LogP contribution in [-0.2, 0) is 14.3 Å². The molecule has 0 spiro atoms. The lowest BCUT2D eigenvalue weighted by atomic mass is 10.0. The standard InChI is InChI=1S/C58H107NO5/c1-4-7-10-13-16-19-22-25-28-30-32-35-38-41-44-47-50-56(61)55(53-60)59-57(62)52-54(49-46-43-40-37-34-31-29-26-23-20-17-14-11-8-5-2)64-58(63)51-48-45-42-39-36-33-27-24-21-18-15-12-9-6-3/h17,20,26,29,34,37,43,46,54-56,60-61H,4-16,18-19,21-25,27-28,30-33,35-36,38-42,44-45,47-53H2,1-3H3,(H,59,62)/b20-17-,29-26-,37-34-,46-43-. The molecular formula is C58H107NO5. The Balaban J connectivity index is 4.64. The van der Waals surface area contributed by atoms with Gasteiger partial charge in [0.2, 0.25) is 5.91 Å². The van der Waals surface area contributed by atoms with Crippen molar-refractivity contribution in [1.29, 1.82) is 0 Å². The number of hydrogen-bond acceptors (Lipinski definition) is 5. The first-order valence-corrected chi connectivity index (χ1v) is 27.9. The van der Waals surface area contributed by atoms with Crippen molar-refractivity contribution in [2.75, 3.05) is 6.61 Å². The normalized spacial score (nSPS) is 13.5. The molecule has 374 valence electrons. The number of ether oxygens (including phenoxy) is 1. The summed E-state index contributed by atoms with van der Waals surface area (Å²) >= 11 is 0. The molecule has 0 aliphatic carbocycles. The van der Waals surface area contributed by atoms with Gasteiger partial charge in [0, 0.05) is 12.8 Å². The summed E-state index contributed by atoms with van der Waals surface area (Å²) in [6.45, 7) is 6.45. The zero-order valence-corrected chi connectivity index (χ0v) is 42.7. The minimum absolute atomic E-state index is 0.00473. The van der Waals surface area contributed by atoms with E-state index in [1.807, 2.05) is 6.08 Å². The molecule has 0 aromatic rings. The molecule has 6 nitrogen and oxygen atoms in total. The first kappa shape index (κ1) is 61.8. The molecule has 0 saturated carbocycles. The molecule has 0 rings (SSSR count). The van der Waals surface area contributed by atoms with Crippen molar-refractivity contribution < 1.29 is 24.5 Å². The van der Waals surface area contributed by atoms with Crippen molar-refractivity contribution in [3.63, 3.8) is 0 Å². The van der Waals surface area contributed by atoms with Crippen LogP contribution >= 0.6 is 0 Å². The quantitative estimate of drug-likeness (QED) is 0.0321. The summed E-state index contributed by atoms with van der Waals surface area (Å²) in [5, 5.41) is 23.8. The van der Waals surface area contributed by atoms with E-state index in [2.05, 4.69) is 68.6 Å². The second kappa shape index (κ2) is 51.8. The molecule has 3 atom stereocenters. The van der Waals surface area contributed by atoms with E-state index in [4.69, 9.17) is 4.74 Å². The van der Waals surface area contributed by atoms with Crippen LogP contribution in [0.25, 0.3) is 0 Å². The van der Waals surface area contributed by atoms with Gasteiger partial charge < -0.3 is 20.3 Å². The third-order valence-electron chi connectivity index (χ3n) is 12.7. The van der Waals surface area contributed by atoms with E-state index in [1.165, 1.54) is 180 Å². The summed E-state index contributed by atoms with van der Waals surface area (Å²) < 4.78 is 5.88. The van der Waals surface area contributed by atoms with Gasteiger partial charge in [-0.25, -0.2) is 0 Å². The predicted octanol–water partition coefficient (Wildman–Crippen LogP) is 17.0. The molecule has 0 aliphatic heterocycles. The highest BCUT2D eigenvalue weighted by Crippen LogP contribution is 2.17. The lowest BCUT2D eigenvalue weighted by molar-refractivity contribution is -0.150. The van der Waals surface area contributed by atoms with Gasteiger partial charge in [-0.3, -0.25) is 9.59 Å². The highest BCUT2D eigenvalue weighted by Gasteiger charge is 2.23. The van der Waals surface area contributed by atoms with E-state index in [1.54, 1.807) is 0 Å². The molecule has 0 radical (unpaired) electrons. The third-order valence-corrected chi connectivity index (χ3v) is 12.7. The molecule has 0 heterocycles. The Morgan fingerprint density at radius 1 is 0.469 bits per heavy atom. The summed E-state index contributed by atoms with van der Waals surface area (Å²) in [6, 6.07) is -0.729. The van der Waals surface area contributed by atoms with E-state index in [0.717, 1.165) is 57.8 Å². The summed E-state index contributed by atoms with van der Waals surface area (Å²) in [6.07, 6.45) is 63.3. The van der Waals surface area contributed by atoms with Crippen molar-refractivity contribution in [1.82, 2.24) is 5.32 Å². The SMILES string of the molecule is CCCCC/C=C\C/C=C\C/C=C\C/C=C\CC(CC(=O)NC(CO)C(O)CCCCCCCCCCCCCCCCCC)OC(=O)CCCCCCCCCCCCCCCC. The van der Waals surface area contributed by atoms with Gasteiger partial charge in [0.15, 0.2) is 0 Å². The number of unbranched alkanes of at least 4 members (excludes halogenated alkanes) is 31. The van der Waals surface area contributed by atoms with Gasteiger partial charge >= 0.3 is 5.97 Å². The average Bonchev–Trinajstić information content (AvgIpc) is 3.29. The average molecular weight is 898 g/mol. The Hall–Kier alpha value is -2.18. The molecule has 0 aromatic heterocycles. The lowest BCUT2D eigenvalue weighted by Gasteiger charge is -2.24. The second-order valence-corrected chi connectivity index (χ2v) is 19.0. The van der Waals surface area contributed by atoms with E-state index in [0.29, 0.717) is 19.3 Å². The highest BCUT2D eigenvalue weighted by atomic mass is 16.5. The number of esters is 1. The molecular weight excluding hydrogens is 791 g/mol. The van der Waals surface area contributed by atoms with Crippen LogP contribution in [0.4, 0.5) is 0 Å². The van der Waals surface area contributed by atoms with Gasteiger partial charge in [0.1, 0.15) is 6.10 Å². The van der Waals surface area contributed by atoms with Crippen LogP contribution in [0.5, 0.6) is 0 Å². The lowest BCUT2D eigenvalue weighted by Crippen LogP contribution is -2.46. The summed E-state index contributed by atoms with van der Waals surface area (Å²) in [4.78, 5) is 26.2. The molecule has 0 fully saturated rings. The van der Waals surface area contributed by atoms with E-state index < -0.39 is 18.2 Å². The monoisotopic (exact) mass is 898 g/mol. The number of rotatable bonds is 50. The van der Waals surface area contributed by atoms with Gasteiger partial charge in [-0.05, 0) is 44.9 Å². The first-order valence-electron chi connectivity index (χ1n) is 27.9. The molecule has 3 unspecified atom stereocenters. The van der Waals surface area contributed by atoms with Crippen molar-refractivity contribution in [3.8, 4) is 0 Å². The van der Waals surface area contributed by atoms with E-state index in [-0.39, 0.29) is 24.9 Å². The Kier molecular flexibility index (Phi) is 50.0. The Bertz CT molecular complexity index is 1100. The minimum Gasteiger partial charge on any atom is -0.461 e. The number of carbonyl (C=O) groups is 2. The summed E-state index contributed by atoms with van der Waals surface area (Å²) in [5.41, 5.74) is 0. The number of amides is 1. The molecule has 64 heavy (non-hydrogen) atoms. The van der Waals surface area contributed by atoms with Crippen molar-refractivity contribution in [2.24, 2.45) is 0 Å². The van der Waals surface area contributed by atoms with Crippen LogP contribution in [0.1, 0.15) is 284 Å². The fourth-order valence-electron chi connectivity index (χ4n) is 8.41. The molecule has 0 bridgehead atoms. The summed E-state index contributed by atoms with van der Waals surface area (Å²) in [7, 11) is 0. The molecule has 3 N–H and O–H groups in total. The smallest absolute Gasteiger partial charge is 0.306 e. The van der Waals surface area contributed by atoms with Crippen molar-refractivity contribution in [3.05, 3.63) is 48.6 Å². The topological polar surface area (TPSA) is 95.9 Å². The molecule has 6 heteroatoms. The summed E-state index contributed by atoms with van der Waals surface area (Å²) in [5.74, 6) is -0.565. The fourth-order valence-corrected chi connectivity index (χ4v) is 8.41. The molecule has 0 saturated heterocycles. The highest BCUT2D eigenvalue weighted by molar-refractivity contribution is 5.77. The Morgan fingerprint density at radius 3 is 1.25 bits per heavy atom. The zero-order chi connectivity index (χ0) is 46.7. The van der Waals surface area contributed by atoms with Crippen LogP contribution < -0.4 is 5.32 Å². The number of aliphatic hydroxyl groups is 2. The van der Waals surface area contributed by atoms with Crippen LogP contribution in [-0.4, -0.2) is 46.9 Å². The minimum atomic E-state index is -0.810. The largest absolute Gasteiger partial charge is 0.461 e. The number of aliphatic hydroxyl groups excluding tert-OH is 2. The number of nitrogens with one attached hydrogen (secondary N) is 1. The molecule has 0 aliphatic rings. The van der Waals surface area contributed by atoms with Crippen LogP contribution in [0.15, 0.2) is 48.6 Å². The maximum atomic E-state index is 13.2. The van der Waals surface area contributed by atoms with Crippen LogP contribution in [0, 0.1) is 0 Å². The first-order chi connectivity index (χ1) is 31.5. The number of hydrogen-bond donors (Lipinski definition) is 3. The third kappa shape index (κ3) is 46.4. The maximum absolute atomic E-state index is 13.2. The van der Waals surface area contributed by atoms with Gasteiger partial charge in [-0.15, -0.1) is 0 Å². The Morgan fingerprint density at radius 2 is 0.828 bits per heavy atom. The number of allylic oxidation sites excluding steroid dienone is 7. The van der Waals surface area contributed by atoms with Gasteiger partial charge in [-0.1, -0.05) is 268 Å². The van der Waals surface area contributed by atoms with Gasteiger partial charge in [0.25, 0.3) is 0 Å². The van der Waals surface area contributed by atoms with Gasteiger partial charge in [-0.2, -0.15) is 0 Å². The second-order valence-electron chi connectivity index (χ2n) is 19.0. The van der Waals surface area contributed by atoms with Gasteiger partial charge in [0.05, 0.1) is 25.2 Å². The molecule has 1 amide bonds.